The first-order valence-corrected chi connectivity index (χ1v) is 8.86. The van der Waals surface area contributed by atoms with E-state index in [2.05, 4.69) is 39.8 Å². The van der Waals surface area contributed by atoms with Crippen molar-refractivity contribution in [2.24, 2.45) is 0 Å². The number of hydrogen-bond donors (Lipinski definition) is 1. The average molecular weight is 320 g/mol. The first-order chi connectivity index (χ1) is 10.9. The molecule has 1 N–H and O–H groups in total. The quantitative estimate of drug-likeness (QED) is 0.628. The van der Waals surface area contributed by atoms with E-state index in [-0.39, 0.29) is 5.97 Å². The average Bonchev–Trinajstić information content (AvgIpc) is 2.53. The van der Waals surface area contributed by atoms with Gasteiger partial charge in [0.15, 0.2) is 0 Å². The van der Waals surface area contributed by atoms with Crippen LogP contribution in [0.4, 0.5) is 0 Å². The third-order valence-corrected chi connectivity index (χ3v) is 4.58. The van der Waals surface area contributed by atoms with Crippen LogP contribution in [0.1, 0.15) is 88.3 Å². The third-order valence-electron chi connectivity index (χ3n) is 4.58. The predicted molar refractivity (Wildman–Crippen MR) is 95.1 cm³/mol. The van der Waals surface area contributed by atoms with E-state index < -0.39 is 0 Å². The van der Waals surface area contributed by atoms with Crippen molar-refractivity contribution in [3.05, 3.63) is 28.8 Å². The van der Waals surface area contributed by atoms with E-state index in [0.29, 0.717) is 30.4 Å². The molecular formula is C20H32O3. The molecule has 130 valence electrons. The van der Waals surface area contributed by atoms with Gasteiger partial charge in [-0.25, -0.2) is 0 Å². The first-order valence-electron chi connectivity index (χ1n) is 8.86. The summed E-state index contributed by atoms with van der Waals surface area (Å²) in [6, 6.07) is 4.14. The van der Waals surface area contributed by atoms with Crippen LogP contribution in [0.15, 0.2) is 12.1 Å². The number of ether oxygens (including phenoxy) is 1. The van der Waals surface area contributed by atoms with Crippen molar-refractivity contribution in [1.82, 2.24) is 0 Å². The zero-order chi connectivity index (χ0) is 17.4. The Morgan fingerprint density at radius 3 is 1.96 bits per heavy atom. The standard InChI is InChI=1S/C20H32O3/c1-6-8-14(3)17-12-16(10-11-19(21)23-5)13-18(20(17)22)15(4)9-7-2/h12-15,22H,6-11H2,1-5H3. The van der Waals surface area contributed by atoms with Crippen molar-refractivity contribution in [2.45, 2.75) is 78.1 Å². The number of rotatable bonds is 9. The second-order valence-corrected chi connectivity index (χ2v) is 6.58. The van der Waals surface area contributed by atoms with E-state index in [1.54, 1.807) is 0 Å². The van der Waals surface area contributed by atoms with E-state index in [9.17, 15) is 9.90 Å². The van der Waals surface area contributed by atoms with E-state index in [1.165, 1.54) is 7.11 Å². The van der Waals surface area contributed by atoms with Gasteiger partial charge in [-0.1, -0.05) is 52.7 Å². The van der Waals surface area contributed by atoms with Gasteiger partial charge >= 0.3 is 5.97 Å². The van der Waals surface area contributed by atoms with Gasteiger partial charge in [0.05, 0.1) is 7.11 Å². The molecule has 2 unspecified atom stereocenters. The van der Waals surface area contributed by atoms with Gasteiger partial charge in [-0.2, -0.15) is 0 Å². The molecular weight excluding hydrogens is 288 g/mol. The molecule has 0 aliphatic carbocycles. The molecule has 3 nitrogen and oxygen atoms in total. The number of hydrogen-bond acceptors (Lipinski definition) is 3. The molecule has 0 saturated carbocycles. The Bertz CT molecular complexity index is 475. The third kappa shape index (κ3) is 5.56. The second-order valence-electron chi connectivity index (χ2n) is 6.58. The maximum absolute atomic E-state index is 11.4. The SMILES string of the molecule is CCCC(C)c1cc(CCC(=O)OC)cc(C(C)CCC)c1O. The van der Waals surface area contributed by atoms with Gasteiger partial charge in [0.2, 0.25) is 0 Å². The second kappa shape index (κ2) is 9.59. The highest BCUT2D eigenvalue weighted by Crippen LogP contribution is 2.38. The van der Waals surface area contributed by atoms with Gasteiger partial charge in [0.25, 0.3) is 0 Å². The fraction of sp³-hybridized carbons (Fsp3) is 0.650. The Morgan fingerprint density at radius 2 is 1.57 bits per heavy atom. The molecule has 0 aromatic heterocycles. The molecule has 0 aliphatic rings. The van der Waals surface area contributed by atoms with Crippen LogP contribution < -0.4 is 0 Å². The molecule has 0 spiro atoms. The van der Waals surface area contributed by atoms with E-state index in [1.807, 2.05) is 0 Å². The molecule has 1 aromatic rings. The van der Waals surface area contributed by atoms with Crippen LogP contribution in [0, 0.1) is 0 Å². The number of benzene rings is 1. The minimum Gasteiger partial charge on any atom is -0.507 e. The highest BCUT2D eigenvalue weighted by Gasteiger charge is 2.19. The van der Waals surface area contributed by atoms with Crippen LogP contribution in [-0.4, -0.2) is 18.2 Å². The van der Waals surface area contributed by atoms with Gasteiger partial charge in [-0.15, -0.1) is 0 Å². The fourth-order valence-corrected chi connectivity index (χ4v) is 3.17. The first kappa shape index (κ1) is 19.5. The fourth-order valence-electron chi connectivity index (χ4n) is 3.17. The molecule has 0 amide bonds. The summed E-state index contributed by atoms with van der Waals surface area (Å²) < 4.78 is 4.74. The maximum atomic E-state index is 11.4. The van der Waals surface area contributed by atoms with Crippen LogP contribution in [0.25, 0.3) is 0 Å². The summed E-state index contributed by atoms with van der Waals surface area (Å²) in [5, 5.41) is 10.7. The number of phenols is 1. The van der Waals surface area contributed by atoms with Crippen molar-refractivity contribution in [1.29, 1.82) is 0 Å². The highest BCUT2D eigenvalue weighted by atomic mass is 16.5. The topological polar surface area (TPSA) is 46.5 Å². The minimum absolute atomic E-state index is 0.190. The van der Waals surface area contributed by atoms with E-state index in [0.717, 1.165) is 42.4 Å². The molecule has 0 saturated heterocycles. The lowest BCUT2D eigenvalue weighted by molar-refractivity contribution is -0.140. The smallest absolute Gasteiger partial charge is 0.305 e. The molecule has 0 bridgehead atoms. The van der Waals surface area contributed by atoms with Crippen molar-refractivity contribution in [3.8, 4) is 5.75 Å². The molecule has 0 radical (unpaired) electrons. The Labute approximate surface area is 141 Å². The Balaban J connectivity index is 3.16. The number of aryl methyl sites for hydroxylation is 1. The van der Waals surface area contributed by atoms with Gasteiger partial charge in [0.1, 0.15) is 5.75 Å². The molecule has 2 atom stereocenters. The van der Waals surface area contributed by atoms with Crippen molar-refractivity contribution in [3.63, 3.8) is 0 Å². The van der Waals surface area contributed by atoms with Crippen LogP contribution in [0.5, 0.6) is 5.75 Å². The molecule has 0 aliphatic heterocycles. The number of methoxy groups -OCH3 is 1. The summed E-state index contributed by atoms with van der Waals surface area (Å²) >= 11 is 0. The Hall–Kier alpha value is -1.51. The summed E-state index contributed by atoms with van der Waals surface area (Å²) in [7, 11) is 1.42. The molecule has 0 fully saturated rings. The Morgan fingerprint density at radius 1 is 1.09 bits per heavy atom. The van der Waals surface area contributed by atoms with Crippen LogP contribution in [0.2, 0.25) is 0 Å². The molecule has 1 rings (SSSR count). The van der Waals surface area contributed by atoms with Gasteiger partial charge in [-0.3, -0.25) is 4.79 Å². The lowest BCUT2D eigenvalue weighted by Gasteiger charge is -2.21. The molecule has 0 heterocycles. The predicted octanol–water partition coefficient (Wildman–Crippen LogP) is 5.31. The summed E-state index contributed by atoms with van der Waals surface area (Å²) in [5.41, 5.74) is 3.16. The van der Waals surface area contributed by atoms with Crippen molar-refractivity contribution in [2.75, 3.05) is 7.11 Å². The van der Waals surface area contributed by atoms with Gasteiger partial charge in [-0.05, 0) is 47.8 Å². The number of carbonyl (C=O) groups is 1. The number of esters is 1. The normalized spacial score (nSPS) is 13.6. The van der Waals surface area contributed by atoms with Gasteiger partial charge < -0.3 is 9.84 Å². The Kier molecular flexibility index (Phi) is 8.15. The molecule has 3 heteroatoms. The van der Waals surface area contributed by atoms with Crippen molar-refractivity contribution >= 4 is 5.97 Å². The van der Waals surface area contributed by atoms with E-state index in [4.69, 9.17) is 4.74 Å². The summed E-state index contributed by atoms with van der Waals surface area (Å²) in [6.07, 6.45) is 5.32. The zero-order valence-corrected chi connectivity index (χ0v) is 15.3. The largest absolute Gasteiger partial charge is 0.507 e. The zero-order valence-electron chi connectivity index (χ0n) is 15.3. The summed E-state index contributed by atoms with van der Waals surface area (Å²) in [6.45, 7) is 8.65. The highest BCUT2D eigenvalue weighted by molar-refractivity contribution is 5.69. The number of carbonyl (C=O) groups excluding carboxylic acids is 1. The van der Waals surface area contributed by atoms with E-state index >= 15 is 0 Å². The maximum Gasteiger partial charge on any atom is 0.305 e. The van der Waals surface area contributed by atoms with Gasteiger partial charge in [0, 0.05) is 6.42 Å². The lowest BCUT2D eigenvalue weighted by atomic mass is 9.86. The number of phenolic OH excluding ortho intramolecular Hbond substituents is 1. The lowest BCUT2D eigenvalue weighted by Crippen LogP contribution is -2.05. The molecule has 1 aromatic carbocycles. The van der Waals surface area contributed by atoms with Crippen LogP contribution in [-0.2, 0) is 16.0 Å². The monoisotopic (exact) mass is 320 g/mol. The summed E-state index contributed by atoms with van der Waals surface area (Å²) in [4.78, 5) is 11.4. The molecule has 23 heavy (non-hydrogen) atoms. The minimum atomic E-state index is -0.190. The van der Waals surface area contributed by atoms with Crippen molar-refractivity contribution < 1.29 is 14.6 Å². The van der Waals surface area contributed by atoms with Crippen LogP contribution in [0.3, 0.4) is 0 Å². The number of aromatic hydroxyl groups is 1. The van der Waals surface area contributed by atoms with Crippen LogP contribution >= 0.6 is 0 Å². The summed E-state index contributed by atoms with van der Waals surface area (Å²) in [5.74, 6) is 0.911.